The molecule has 0 spiro atoms. The molecule has 0 aliphatic carbocycles. The van der Waals surface area contributed by atoms with Gasteiger partial charge in [-0.1, -0.05) is 17.5 Å². The number of ketones is 1. The second-order valence-electron chi connectivity index (χ2n) is 8.30. The first kappa shape index (κ1) is 29.5. The summed E-state index contributed by atoms with van der Waals surface area (Å²) in [4.78, 5) is 54.8. The van der Waals surface area contributed by atoms with E-state index in [-0.39, 0.29) is 30.0 Å². The topological polar surface area (TPSA) is 131 Å². The summed E-state index contributed by atoms with van der Waals surface area (Å²) in [5, 5.41) is 10.9. The van der Waals surface area contributed by atoms with Crippen molar-refractivity contribution in [2.24, 2.45) is 7.05 Å². The first-order valence-corrected chi connectivity index (χ1v) is 11.9. The molecule has 1 aliphatic rings. The number of fused-ring (bicyclic) bond motifs is 1. The molecule has 1 aromatic carbocycles. The molecule has 0 bridgehead atoms. The van der Waals surface area contributed by atoms with Gasteiger partial charge in [0, 0.05) is 43.8 Å². The summed E-state index contributed by atoms with van der Waals surface area (Å²) < 4.78 is 35.7. The molecule has 3 heterocycles. The zero-order valence-corrected chi connectivity index (χ0v) is 21.6. The normalized spacial score (nSPS) is 13.3. The predicted octanol–water partition coefficient (Wildman–Crippen LogP) is 1.50. The third-order valence-corrected chi connectivity index (χ3v) is 5.99. The number of hydrogen-bond donors (Lipinski definition) is 2. The van der Waals surface area contributed by atoms with Crippen LogP contribution in [0.2, 0.25) is 5.02 Å². The summed E-state index contributed by atoms with van der Waals surface area (Å²) in [7, 11) is 1.55. The molecule has 15 heteroatoms. The maximum atomic E-state index is 13.4. The summed E-state index contributed by atoms with van der Waals surface area (Å²) >= 11 is 5.89. The molecule has 0 atom stereocenters. The van der Waals surface area contributed by atoms with Gasteiger partial charge in [-0.15, -0.1) is 5.92 Å². The average molecular weight is 569 g/mol. The monoisotopic (exact) mass is 568 g/mol. The van der Waals surface area contributed by atoms with Crippen molar-refractivity contribution in [3.8, 4) is 11.8 Å². The van der Waals surface area contributed by atoms with Crippen molar-refractivity contribution in [2.45, 2.75) is 26.2 Å². The zero-order valence-electron chi connectivity index (χ0n) is 20.9. The standard InChI is InChI=1S/C22H23ClN6O3.C2HF3O2/c1-3-4-11-28-18-19(25-21(28)27-12-9-24-10-13-27)26(2)22(32)29(20(18)31)14-17(30)15-5-7-16(23)8-6-15;3-2(4,5)1(6)7/h5-8,24H,9-14H2,1-2H3;(H,6,7). The fourth-order valence-corrected chi connectivity index (χ4v) is 3.91. The van der Waals surface area contributed by atoms with Crippen molar-refractivity contribution >= 4 is 40.5 Å². The van der Waals surface area contributed by atoms with Gasteiger partial charge < -0.3 is 15.3 Å². The van der Waals surface area contributed by atoms with Crippen LogP contribution in [0.3, 0.4) is 0 Å². The van der Waals surface area contributed by atoms with Gasteiger partial charge in [0.25, 0.3) is 5.56 Å². The Morgan fingerprint density at radius 1 is 1.13 bits per heavy atom. The summed E-state index contributed by atoms with van der Waals surface area (Å²) in [6, 6.07) is 6.33. The van der Waals surface area contributed by atoms with Crippen LogP contribution in [0, 0.1) is 11.8 Å². The van der Waals surface area contributed by atoms with Crippen LogP contribution in [-0.2, 0) is 24.9 Å². The fraction of sp³-hybridized carbons (Fsp3) is 0.375. The molecule has 1 aliphatic heterocycles. The van der Waals surface area contributed by atoms with Crippen LogP contribution in [0.1, 0.15) is 17.3 Å². The lowest BCUT2D eigenvalue weighted by atomic mass is 10.1. The second kappa shape index (κ2) is 12.2. The van der Waals surface area contributed by atoms with E-state index in [1.807, 2.05) is 0 Å². The molecule has 4 rings (SSSR count). The van der Waals surface area contributed by atoms with Crippen molar-refractivity contribution in [3.63, 3.8) is 0 Å². The van der Waals surface area contributed by atoms with Crippen LogP contribution in [0.25, 0.3) is 11.2 Å². The van der Waals surface area contributed by atoms with Gasteiger partial charge in [0.05, 0.1) is 13.1 Å². The Balaban J connectivity index is 0.000000532. The molecule has 0 radical (unpaired) electrons. The average Bonchev–Trinajstić information content (AvgIpc) is 3.29. The van der Waals surface area contributed by atoms with E-state index in [0.717, 1.165) is 30.7 Å². The van der Waals surface area contributed by atoms with Gasteiger partial charge in [-0.25, -0.2) is 9.59 Å². The summed E-state index contributed by atoms with van der Waals surface area (Å²) in [6.07, 6.45) is -5.08. The molecular formula is C24H24ClF3N6O5. The lowest BCUT2D eigenvalue weighted by Crippen LogP contribution is -2.44. The van der Waals surface area contributed by atoms with E-state index < -0.39 is 23.4 Å². The highest BCUT2D eigenvalue weighted by Gasteiger charge is 2.38. The molecule has 3 aromatic rings. The summed E-state index contributed by atoms with van der Waals surface area (Å²) in [5.74, 6) is 3.32. The Kier molecular flexibility index (Phi) is 9.20. The Morgan fingerprint density at radius 2 is 1.72 bits per heavy atom. The molecule has 0 unspecified atom stereocenters. The Morgan fingerprint density at radius 3 is 2.26 bits per heavy atom. The quantitative estimate of drug-likeness (QED) is 0.350. The number of carboxylic acids is 1. The molecule has 2 aromatic heterocycles. The van der Waals surface area contributed by atoms with Crippen LogP contribution in [-0.4, -0.2) is 67.9 Å². The van der Waals surface area contributed by atoms with Crippen molar-refractivity contribution in [3.05, 3.63) is 55.7 Å². The van der Waals surface area contributed by atoms with Gasteiger partial charge in [-0.3, -0.25) is 23.3 Å². The first-order valence-electron chi connectivity index (χ1n) is 11.5. The maximum absolute atomic E-state index is 13.4. The highest BCUT2D eigenvalue weighted by atomic mass is 35.5. The van der Waals surface area contributed by atoms with Crippen molar-refractivity contribution in [1.82, 2.24) is 24.0 Å². The molecule has 208 valence electrons. The molecule has 1 fully saturated rings. The number of aliphatic carboxylic acids is 1. The number of aromatic nitrogens is 4. The minimum Gasteiger partial charge on any atom is -0.475 e. The number of carbonyl (C=O) groups is 2. The number of Topliss-reactive ketones (excluding diaryl/α,β-unsaturated/α-hetero) is 1. The van der Waals surface area contributed by atoms with E-state index in [4.69, 9.17) is 21.5 Å². The summed E-state index contributed by atoms with van der Waals surface area (Å²) in [6.45, 7) is 4.63. The van der Waals surface area contributed by atoms with Gasteiger partial charge in [0.15, 0.2) is 16.9 Å². The van der Waals surface area contributed by atoms with E-state index in [2.05, 4.69) is 27.0 Å². The number of imidazole rings is 1. The number of hydrogen-bond acceptors (Lipinski definition) is 7. The molecule has 0 amide bonds. The van der Waals surface area contributed by atoms with Gasteiger partial charge >= 0.3 is 17.8 Å². The van der Waals surface area contributed by atoms with E-state index in [0.29, 0.717) is 16.5 Å². The Labute approximate surface area is 224 Å². The van der Waals surface area contributed by atoms with Gasteiger partial charge in [0.2, 0.25) is 5.95 Å². The number of carboxylic acid groups (broad SMARTS) is 1. The van der Waals surface area contributed by atoms with Crippen LogP contribution in [0.4, 0.5) is 19.1 Å². The molecule has 2 N–H and O–H groups in total. The van der Waals surface area contributed by atoms with E-state index in [1.54, 1.807) is 42.8 Å². The fourth-order valence-electron chi connectivity index (χ4n) is 3.78. The molecular weight excluding hydrogens is 545 g/mol. The maximum Gasteiger partial charge on any atom is 0.490 e. The van der Waals surface area contributed by atoms with Crippen LogP contribution < -0.4 is 21.5 Å². The number of nitrogens with zero attached hydrogens (tertiary/aromatic N) is 5. The van der Waals surface area contributed by atoms with Gasteiger partial charge in [-0.2, -0.15) is 18.2 Å². The largest absolute Gasteiger partial charge is 0.490 e. The number of aryl methyl sites for hydroxylation is 1. The lowest BCUT2D eigenvalue weighted by Gasteiger charge is -2.28. The van der Waals surface area contributed by atoms with Crippen molar-refractivity contribution in [1.29, 1.82) is 0 Å². The predicted molar refractivity (Wildman–Crippen MR) is 137 cm³/mol. The highest BCUT2D eigenvalue weighted by molar-refractivity contribution is 6.30. The van der Waals surface area contributed by atoms with E-state index in [1.165, 1.54) is 4.57 Å². The number of benzene rings is 1. The van der Waals surface area contributed by atoms with Crippen LogP contribution in [0.15, 0.2) is 33.9 Å². The number of anilines is 1. The Hall–Kier alpha value is -4.09. The SMILES string of the molecule is CC#CCn1c(N2CCNCC2)nc2c1c(=O)n(CC(=O)c1ccc(Cl)cc1)c(=O)n2C.O=C(O)C(F)(F)F. The van der Waals surface area contributed by atoms with Crippen LogP contribution >= 0.6 is 11.6 Å². The summed E-state index contributed by atoms with van der Waals surface area (Å²) in [5.41, 5.74) is -0.246. The van der Waals surface area contributed by atoms with Gasteiger partial charge in [0.1, 0.15) is 0 Å². The number of halogens is 4. The molecule has 39 heavy (non-hydrogen) atoms. The minimum atomic E-state index is -5.08. The smallest absolute Gasteiger partial charge is 0.475 e. The van der Waals surface area contributed by atoms with Crippen LogP contribution in [0.5, 0.6) is 0 Å². The first-order chi connectivity index (χ1) is 18.4. The number of nitrogens with one attached hydrogen (secondary N) is 1. The van der Waals surface area contributed by atoms with Gasteiger partial charge in [-0.05, 0) is 31.2 Å². The molecule has 11 nitrogen and oxygen atoms in total. The third-order valence-electron chi connectivity index (χ3n) is 5.74. The second-order valence-corrected chi connectivity index (χ2v) is 8.74. The lowest BCUT2D eigenvalue weighted by molar-refractivity contribution is -0.192. The number of carbonyl (C=O) groups excluding carboxylic acids is 1. The Bertz CT molecular complexity index is 1560. The number of alkyl halides is 3. The zero-order chi connectivity index (χ0) is 28.9. The molecule has 1 saturated heterocycles. The van der Waals surface area contributed by atoms with Crippen molar-refractivity contribution < 1.29 is 27.9 Å². The minimum absolute atomic E-state index is 0.255. The van der Waals surface area contributed by atoms with E-state index >= 15 is 0 Å². The number of rotatable bonds is 5. The molecule has 0 saturated carbocycles. The van der Waals surface area contributed by atoms with Crippen molar-refractivity contribution in [2.75, 3.05) is 31.1 Å². The number of piperazine rings is 1. The van der Waals surface area contributed by atoms with E-state index in [9.17, 15) is 27.6 Å². The third kappa shape index (κ3) is 6.68. The highest BCUT2D eigenvalue weighted by Crippen LogP contribution is 2.20.